The molecule has 1 heterocycles. The molecule has 0 radical (unpaired) electrons. The maximum atomic E-state index is 12.9. The van der Waals surface area contributed by atoms with Crippen LogP contribution < -0.4 is 0 Å². The van der Waals surface area contributed by atoms with Gasteiger partial charge < -0.3 is 9.80 Å². The second kappa shape index (κ2) is 5.86. The lowest BCUT2D eigenvalue weighted by molar-refractivity contribution is 0.0568. The summed E-state index contributed by atoms with van der Waals surface area (Å²) in [5, 5.41) is 0. The number of amides is 1. The normalized spacial score (nSPS) is 20.9. The Balaban J connectivity index is 1.80. The number of piperidine rings is 1. The first-order valence-electron chi connectivity index (χ1n) is 7.42. The molecule has 3 nitrogen and oxygen atoms in total. The van der Waals surface area contributed by atoms with Gasteiger partial charge in [-0.05, 0) is 73.9 Å². The summed E-state index contributed by atoms with van der Waals surface area (Å²) in [6.07, 6.45) is 4.54. The van der Waals surface area contributed by atoms with Gasteiger partial charge in [0.2, 0.25) is 0 Å². The van der Waals surface area contributed by atoms with Crippen LogP contribution in [0.15, 0.2) is 28.7 Å². The molecule has 1 aromatic rings. The molecule has 0 spiro atoms. The minimum absolute atomic E-state index is 0.203. The lowest BCUT2D eigenvalue weighted by Gasteiger charge is -2.37. The summed E-state index contributed by atoms with van der Waals surface area (Å²) in [4.78, 5) is 17.4. The van der Waals surface area contributed by atoms with Crippen LogP contribution in [-0.2, 0) is 0 Å². The van der Waals surface area contributed by atoms with Gasteiger partial charge in [0.05, 0.1) is 5.56 Å². The molecule has 108 valence electrons. The van der Waals surface area contributed by atoms with Crippen molar-refractivity contribution in [2.45, 2.75) is 37.8 Å². The number of halogens is 1. The van der Waals surface area contributed by atoms with E-state index in [1.807, 2.05) is 24.3 Å². The molecular weight excluding hydrogens is 316 g/mol. The summed E-state index contributed by atoms with van der Waals surface area (Å²) in [7, 11) is 2.16. The van der Waals surface area contributed by atoms with Gasteiger partial charge in [0.15, 0.2) is 0 Å². The Kier molecular flexibility index (Phi) is 4.13. The third-order valence-electron chi connectivity index (χ3n) is 4.36. The van der Waals surface area contributed by atoms with Crippen molar-refractivity contribution in [1.29, 1.82) is 0 Å². The zero-order valence-electron chi connectivity index (χ0n) is 11.9. The topological polar surface area (TPSA) is 23.6 Å². The van der Waals surface area contributed by atoms with Crippen molar-refractivity contribution in [3.05, 3.63) is 34.3 Å². The summed E-state index contributed by atoms with van der Waals surface area (Å²) < 4.78 is 0.906. The van der Waals surface area contributed by atoms with Gasteiger partial charge >= 0.3 is 0 Å². The van der Waals surface area contributed by atoms with Gasteiger partial charge in [-0.25, -0.2) is 0 Å². The fraction of sp³-hybridized carbons (Fsp3) is 0.562. The molecule has 2 aliphatic rings. The maximum Gasteiger partial charge on any atom is 0.255 e. The smallest absolute Gasteiger partial charge is 0.255 e. The number of carbonyl (C=O) groups excluding carboxylic acids is 1. The maximum absolute atomic E-state index is 12.9. The van der Waals surface area contributed by atoms with Crippen molar-refractivity contribution in [2.24, 2.45) is 0 Å². The molecule has 1 aliphatic carbocycles. The minimum atomic E-state index is 0.203. The quantitative estimate of drug-likeness (QED) is 0.846. The number of rotatable bonds is 3. The highest BCUT2D eigenvalue weighted by Gasteiger charge is 2.38. The molecule has 0 N–H and O–H groups in total. The second-order valence-electron chi connectivity index (χ2n) is 5.96. The van der Waals surface area contributed by atoms with Gasteiger partial charge in [-0.2, -0.15) is 0 Å². The van der Waals surface area contributed by atoms with Gasteiger partial charge in [0.1, 0.15) is 0 Å². The van der Waals surface area contributed by atoms with E-state index in [2.05, 4.69) is 32.8 Å². The highest BCUT2D eigenvalue weighted by molar-refractivity contribution is 9.10. The SMILES string of the molecule is CN1CCC(N(C(=O)c2ccccc2Br)C2CC2)CC1. The van der Waals surface area contributed by atoms with E-state index in [1.165, 1.54) is 12.8 Å². The molecule has 1 aliphatic heterocycles. The Labute approximate surface area is 129 Å². The summed E-state index contributed by atoms with van der Waals surface area (Å²) in [5.41, 5.74) is 0.804. The van der Waals surface area contributed by atoms with E-state index in [0.717, 1.165) is 36.0 Å². The van der Waals surface area contributed by atoms with Crippen molar-refractivity contribution in [3.8, 4) is 0 Å². The zero-order chi connectivity index (χ0) is 14.1. The Bertz CT molecular complexity index is 493. The lowest BCUT2D eigenvalue weighted by atomic mass is 10.0. The Morgan fingerprint density at radius 2 is 1.75 bits per heavy atom. The molecule has 1 amide bonds. The van der Waals surface area contributed by atoms with Crippen molar-refractivity contribution < 1.29 is 4.79 Å². The van der Waals surface area contributed by atoms with Crippen LogP contribution in [0.5, 0.6) is 0 Å². The molecule has 0 unspecified atom stereocenters. The highest BCUT2D eigenvalue weighted by atomic mass is 79.9. The third kappa shape index (κ3) is 2.91. The average Bonchev–Trinajstić information content (AvgIpc) is 3.26. The molecule has 3 rings (SSSR count). The van der Waals surface area contributed by atoms with E-state index in [9.17, 15) is 4.79 Å². The number of benzene rings is 1. The van der Waals surface area contributed by atoms with Gasteiger partial charge in [-0.1, -0.05) is 12.1 Å². The third-order valence-corrected chi connectivity index (χ3v) is 5.05. The van der Waals surface area contributed by atoms with Crippen LogP contribution in [0.1, 0.15) is 36.0 Å². The van der Waals surface area contributed by atoms with E-state index < -0.39 is 0 Å². The Morgan fingerprint density at radius 1 is 1.15 bits per heavy atom. The van der Waals surface area contributed by atoms with Crippen LogP contribution in [0.3, 0.4) is 0 Å². The Hall–Kier alpha value is -0.870. The summed E-state index contributed by atoms with van der Waals surface area (Å²) in [6.45, 7) is 2.19. The van der Waals surface area contributed by atoms with Gasteiger partial charge in [-0.3, -0.25) is 4.79 Å². The van der Waals surface area contributed by atoms with Crippen molar-refractivity contribution >= 4 is 21.8 Å². The van der Waals surface area contributed by atoms with Crippen LogP contribution >= 0.6 is 15.9 Å². The first-order valence-corrected chi connectivity index (χ1v) is 8.22. The second-order valence-corrected chi connectivity index (χ2v) is 6.81. The van der Waals surface area contributed by atoms with Crippen LogP contribution in [0, 0.1) is 0 Å². The first kappa shape index (κ1) is 14.1. The first-order chi connectivity index (χ1) is 9.66. The van der Waals surface area contributed by atoms with E-state index in [4.69, 9.17) is 0 Å². The van der Waals surface area contributed by atoms with E-state index in [0.29, 0.717) is 12.1 Å². The minimum Gasteiger partial charge on any atom is -0.333 e. The molecule has 0 bridgehead atoms. The number of nitrogens with zero attached hydrogens (tertiary/aromatic N) is 2. The zero-order valence-corrected chi connectivity index (χ0v) is 13.5. The molecule has 1 saturated heterocycles. The summed E-state index contributed by atoms with van der Waals surface area (Å²) >= 11 is 3.51. The van der Waals surface area contributed by atoms with Crippen LogP contribution in [0.2, 0.25) is 0 Å². The number of hydrogen-bond donors (Lipinski definition) is 0. The molecule has 2 fully saturated rings. The molecule has 0 atom stereocenters. The molecule has 1 aromatic carbocycles. The predicted molar refractivity (Wildman–Crippen MR) is 83.9 cm³/mol. The molecule has 0 aromatic heterocycles. The van der Waals surface area contributed by atoms with Gasteiger partial charge in [0, 0.05) is 16.6 Å². The number of likely N-dealkylation sites (tertiary alicyclic amines) is 1. The predicted octanol–water partition coefficient (Wildman–Crippen LogP) is 3.15. The summed E-state index contributed by atoms with van der Waals surface area (Å²) in [5.74, 6) is 0.203. The summed E-state index contributed by atoms with van der Waals surface area (Å²) in [6, 6.07) is 8.67. The molecule has 20 heavy (non-hydrogen) atoms. The fourth-order valence-corrected chi connectivity index (χ4v) is 3.48. The van der Waals surface area contributed by atoms with Crippen LogP contribution in [0.4, 0.5) is 0 Å². The van der Waals surface area contributed by atoms with Gasteiger partial charge in [0.25, 0.3) is 5.91 Å². The molecule has 1 saturated carbocycles. The average molecular weight is 337 g/mol. The Morgan fingerprint density at radius 3 is 2.35 bits per heavy atom. The van der Waals surface area contributed by atoms with E-state index in [-0.39, 0.29) is 5.91 Å². The lowest BCUT2D eigenvalue weighted by Crippen LogP contribution is -2.47. The van der Waals surface area contributed by atoms with Crippen molar-refractivity contribution in [2.75, 3.05) is 20.1 Å². The number of carbonyl (C=O) groups is 1. The highest BCUT2D eigenvalue weighted by Crippen LogP contribution is 2.34. The number of hydrogen-bond acceptors (Lipinski definition) is 2. The van der Waals surface area contributed by atoms with Gasteiger partial charge in [-0.15, -0.1) is 0 Å². The molecule has 4 heteroatoms. The largest absolute Gasteiger partial charge is 0.333 e. The van der Waals surface area contributed by atoms with Crippen molar-refractivity contribution in [1.82, 2.24) is 9.80 Å². The standard InChI is InChI=1S/C16H21BrN2O/c1-18-10-8-13(9-11-18)19(12-6-7-12)16(20)14-4-2-3-5-15(14)17/h2-5,12-13H,6-11H2,1H3. The fourth-order valence-electron chi connectivity index (χ4n) is 3.03. The van der Waals surface area contributed by atoms with E-state index in [1.54, 1.807) is 0 Å². The molecular formula is C16H21BrN2O. The van der Waals surface area contributed by atoms with Crippen LogP contribution in [-0.4, -0.2) is 47.9 Å². The monoisotopic (exact) mass is 336 g/mol. The van der Waals surface area contributed by atoms with Crippen molar-refractivity contribution in [3.63, 3.8) is 0 Å². The van der Waals surface area contributed by atoms with Crippen LogP contribution in [0.25, 0.3) is 0 Å². The van der Waals surface area contributed by atoms with E-state index >= 15 is 0 Å².